The second-order valence-corrected chi connectivity index (χ2v) is 5.93. The lowest BCUT2D eigenvalue weighted by atomic mass is 10.0. The number of carbonyl (C=O) groups is 1. The molecule has 0 saturated heterocycles. The van der Waals surface area contributed by atoms with Crippen LogP contribution in [-0.4, -0.2) is 17.5 Å². The van der Waals surface area contributed by atoms with Crippen LogP contribution in [0.2, 0.25) is 0 Å². The van der Waals surface area contributed by atoms with E-state index in [0.717, 1.165) is 11.8 Å². The molecule has 0 aromatic carbocycles. The fourth-order valence-electron chi connectivity index (χ4n) is 2.18. The van der Waals surface area contributed by atoms with Gasteiger partial charge in [0.15, 0.2) is 0 Å². The third kappa shape index (κ3) is 3.49. The Hall–Kier alpha value is -0.570. The summed E-state index contributed by atoms with van der Waals surface area (Å²) in [6.07, 6.45) is 5.63. The van der Waals surface area contributed by atoms with E-state index >= 15 is 0 Å². The number of nitrogens with two attached hydrogens (primary N) is 1. The third-order valence-electron chi connectivity index (χ3n) is 3.20. The molecule has 2 rings (SSSR count). The summed E-state index contributed by atoms with van der Waals surface area (Å²) in [5.41, 5.74) is 5.45. The first-order valence-corrected chi connectivity index (χ1v) is 6.04. The van der Waals surface area contributed by atoms with Crippen LogP contribution >= 0.6 is 0 Å². The minimum Gasteiger partial charge on any atom is -0.353 e. The Morgan fingerprint density at radius 1 is 1.33 bits per heavy atom. The molecule has 0 aromatic heterocycles. The Bertz CT molecular complexity index is 237. The maximum absolute atomic E-state index is 11.7. The van der Waals surface area contributed by atoms with Gasteiger partial charge in [-0.3, -0.25) is 4.79 Å². The number of amides is 1. The lowest BCUT2D eigenvalue weighted by Crippen LogP contribution is -2.44. The van der Waals surface area contributed by atoms with Crippen molar-refractivity contribution >= 4 is 5.91 Å². The van der Waals surface area contributed by atoms with Crippen molar-refractivity contribution in [2.75, 3.05) is 0 Å². The van der Waals surface area contributed by atoms with Crippen LogP contribution < -0.4 is 11.1 Å². The first kappa shape index (κ1) is 10.9. The Labute approximate surface area is 91.8 Å². The van der Waals surface area contributed by atoms with Gasteiger partial charge >= 0.3 is 0 Å². The van der Waals surface area contributed by atoms with E-state index in [1.54, 1.807) is 0 Å². The minimum absolute atomic E-state index is 0.131. The Balaban J connectivity index is 1.80. The molecule has 0 bridgehead atoms. The van der Waals surface area contributed by atoms with Gasteiger partial charge in [-0.15, -0.1) is 0 Å². The van der Waals surface area contributed by atoms with Crippen LogP contribution in [0.1, 0.15) is 46.0 Å². The average Bonchev–Trinajstić information content (AvgIpc) is 2.92. The molecule has 86 valence electrons. The summed E-state index contributed by atoms with van der Waals surface area (Å²) < 4.78 is 0. The molecular formula is C12H22N2O. The van der Waals surface area contributed by atoms with E-state index in [0.29, 0.717) is 12.5 Å². The summed E-state index contributed by atoms with van der Waals surface area (Å²) in [6, 6.07) is 0.458. The number of rotatable bonds is 5. The first-order valence-electron chi connectivity index (χ1n) is 6.04. The fraction of sp³-hybridized carbons (Fsp3) is 0.917. The van der Waals surface area contributed by atoms with Gasteiger partial charge in [-0.05, 0) is 51.4 Å². The van der Waals surface area contributed by atoms with Crippen LogP contribution in [0.4, 0.5) is 0 Å². The maximum atomic E-state index is 11.7. The fourth-order valence-corrected chi connectivity index (χ4v) is 2.18. The molecule has 1 amide bonds. The molecule has 0 spiro atoms. The van der Waals surface area contributed by atoms with E-state index in [1.165, 1.54) is 25.7 Å². The minimum atomic E-state index is -0.387. The molecule has 2 aliphatic rings. The quantitative estimate of drug-likeness (QED) is 0.721. The molecule has 0 radical (unpaired) electrons. The van der Waals surface area contributed by atoms with Crippen LogP contribution in [0.3, 0.4) is 0 Å². The van der Waals surface area contributed by atoms with Gasteiger partial charge in [0.1, 0.15) is 0 Å². The molecule has 3 N–H and O–H groups in total. The van der Waals surface area contributed by atoms with E-state index in [1.807, 2.05) is 13.8 Å². The van der Waals surface area contributed by atoms with Gasteiger partial charge in [-0.2, -0.15) is 0 Å². The molecule has 2 saturated carbocycles. The molecular weight excluding hydrogens is 188 g/mol. The number of hydrogen-bond acceptors (Lipinski definition) is 2. The molecule has 15 heavy (non-hydrogen) atoms. The van der Waals surface area contributed by atoms with Crippen molar-refractivity contribution in [3.63, 3.8) is 0 Å². The van der Waals surface area contributed by atoms with Crippen molar-refractivity contribution in [1.82, 2.24) is 5.32 Å². The summed E-state index contributed by atoms with van der Waals surface area (Å²) in [7, 11) is 0. The molecule has 3 nitrogen and oxygen atoms in total. The SMILES string of the molecule is CC(C)(N)CC(=O)NC(C1CC1)C1CC1. The van der Waals surface area contributed by atoms with E-state index in [4.69, 9.17) is 5.73 Å². The number of carbonyl (C=O) groups excluding carboxylic acids is 1. The third-order valence-corrected chi connectivity index (χ3v) is 3.20. The number of hydrogen-bond donors (Lipinski definition) is 2. The van der Waals surface area contributed by atoms with Crippen molar-refractivity contribution < 1.29 is 4.79 Å². The van der Waals surface area contributed by atoms with Crippen LogP contribution in [0.15, 0.2) is 0 Å². The summed E-state index contributed by atoms with van der Waals surface area (Å²) in [5.74, 6) is 1.66. The van der Waals surface area contributed by atoms with Gasteiger partial charge in [0.2, 0.25) is 5.91 Å². The molecule has 2 fully saturated rings. The van der Waals surface area contributed by atoms with Crippen molar-refractivity contribution in [2.24, 2.45) is 17.6 Å². The second-order valence-electron chi connectivity index (χ2n) is 5.93. The molecule has 0 aromatic rings. The smallest absolute Gasteiger partial charge is 0.222 e. The highest BCUT2D eigenvalue weighted by molar-refractivity contribution is 5.77. The normalized spacial score (nSPS) is 21.9. The second kappa shape index (κ2) is 3.78. The van der Waals surface area contributed by atoms with Crippen LogP contribution in [-0.2, 0) is 4.79 Å². The lowest BCUT2D eigenvalue weighted by Gasteiger charge is -2.22. The van der Waals surface area contributed by atoms with E-state index in [9.17, 15) is 4.79 Å². The molecule has 2 aliphatic carbocycles. The molecule has 0 aliphatic heterocycles. The predicted octanol–water partition coefficient (Wildman–Crippen LogP) is 1.42. The maximum Gasteiger partial charge on any atom is 0.222 e. The summed E-state index contributed by atoms with van der Waals surface area (Å²) in [5, 5.41) is 3.18. The summed E-state index contributed by atoms with van der Waals surface area (Å²) in [4.78, 5) is 11.7. The highest BCUT2D eigenvalue weighted by Crippen LogP contribution is 2.44. The number of nitrogens with one attached hydrogen (secondary N) is 1. The highest BCUT2D eigenvalue weighted by atomic mass is 16.1. The molecule has 0 heterocycles. The zero-order valence-electron chi connectivity index (χ0n) is 9.75. The van der Waals surface area contributed by atoms with E-state index in [2.05, 4.69) is 5.32 Å². The summed E-state index contributed by atoms with van der Waals surface area (Å²) >= 11 is 0. The van der Waals surface area contributed by atoms with Crippen LogP contribution in [0.5, 0.6) is 0 Å². The van der Waals surface area contributed by atoms with Gasteiger partial charge < -0.3 is 11.1 Å². The van der Waals surface area contributed by atoms with Gasteiger partial charge in [-0.25, -0.2) is 0 Å². The van der Waals surface area contributed by atoms with Gasteiger partial charge in [0.25, 0.3) is 0 Å². The monoisotopic (exact) mass is 210 g/mol. The lowest BCUT2D eigenvalue weighted by molar-refractivity contribution is -0.123. The van der Waals surface area contributed by atoms with Crippen molar-refractivity contribution in [1.29, 1.82) is 0 Å². The zero-order chi connectivity index (χ0) is 11.1. The Morgan fingerprint density at radius 2 is 1.80 bits per heavy atom. The van der Waals surface area contributed by atoms with Crippen molar-refractivity contribution in [3.05, 3.63) is 0 Å². The van der Waals surface area contributed by atoms with E-state index in [-0.39, 0.29) is 11.4 Å². The molecule has 0 unspecified atom stereocenters. The predicted molar refractivity (Wildman–Crippen MR) is 60.3 cm³/mol. The van der Waals surface area contributed by atoms with Crippen LogP contribution in [0, 0.1) is 11.8 Å². The standard InChI is InChI=1S/C12H22N2O/c1-12(2,13)7-10(15)14-11(8-3-4-8)9-5-6-9/h8-9,11H,3-7,13H2,1-2H3,(H,14,15). The first-order chi connectivity index (χ1) is 6.96. The van der Waals surface area contributed by atoms with Crippen molar-refractivity contribution in [3.8, 4) is 0 Å². The van der Waals surface area contributed by atoms with Crippen LogP contribution in [0.25, 0.3) is 0 Å². The zero-order valence-corrected chi connectivity index (χ0v) is 9.75. The highest BCUT2D eigenvalue weighted by Gasteiger charge is 2.42. The Morgan fingerprint density at radius 3 is 2.13 bits per heavy atom. The summed E-state index contributed by atoms with van der Waals surface area (Å²) in [6.45, 7) is 3.80. The molecule has 3 heteroatoms. The van der Waals surface area contributed by atoms with Gasteiger partial charge in [0, 0.05) is 18.0 Å². The van der Waals surface area contributed by atoms with Crippen molar-refractivity contribution in [2.45, 2.75) is 57.5 Å². The largest absolute Gasteiger partial charge is 0.353 e. The van der Waals surface area contributed by atoms with Gasteiger partial charge in [-0.1, -0.05) is 0 Å². The average molecular weight is 210 g/mol. The van der Waals surface area contributed by atoms with Gasteiger partial charge in [0.05, 0.1) is 0 Å². The Kier molecular flexibility index (Phi) is 2.75. The molecule has 0 atom stereocenters. The van der Waals surface area contributed by atoms with E-state index < -0.39 is 0 Å². The topological polar surface area (TPSA) is 55.1 Å².